The Morgan fingerprint density at radius 3 is 2.75 bits per heavy atom. The molecule has 1 aromatic rings. The summed E-state index contributed by atoms with van der Waals surface area (Å²) in [5.41, 5.74) is 1.26. The monoisotopic (exact) mass is 217 g/mol. The molecule has 1 aliphatic carbocycles. The summed E-state index contributed by atoms with van der Waals surface area (Å²) < 4.78 is 6.17. The van der Waals surface area contributed by atoms with Gasteiger partial charge in [-0.25, -0.2) is 0 Å². The van der Waals surface area contributed by atoms with Crippen LogP contribution in [0.5, 0.6) is 0 Å². The van der Waals surface area contributed by atoms with Crippen molar-refractivity contribution in [3.8, 4) is 0 Å². The molecule has 86 valence electrons. The van der Waals surface area contributed by atoms with E-state index in [-0.39, 0.29) is 6.23 Å². The average Bonchev–Trinajstić information content (AvgIpc) is 2.39. The first-order valence-corrected chi connectivity index (χ1v) is 6.37. The smallest absolute Gasteiger partial charge is 0.134 e. The van der Waals surface area contributed by atoms with Gasteiger partial charge in [-0.1, -0.05) is 43.2 Å². The summed E-state index contributed by atoms with van der Waals surface area (Å²) in [5.74, 6) is 0.744. The molecule has 0 radical (unpaired) electrons. The standard InChI is InChI=1S/C14H19NO/c1-2-6-11(7-3-1)14-15-10-12-8-4-5-9-13(12)16-14/h1-3,6-7,12-15H,4-5,8-10H2. The van der Waals surface area contributed by atoms with Gasteiger partial charge >= 0.3 is 0 Å². The molecule has 2 heteroatoms. The second-order valence-corrected chi connectivity index (χ2v) is 4.92. The molecular formula is C14H19NO. The maximum Gasteiger partial charge on any atom is 0.134 e. The number of hydrogen-bond donors (Lipinski definition) is 1. The molecule has 1 heterocycles. The fourth-order valence-electron chi connectivity index (χ4n) is 2.89. The lowest BCUT2D eigenvalue weighted by Gasteiger charge is -2.40. The highest BCUT2D eigenvalue weighted by Gasteiger charge is 2.32. The van der Waals surface area contributed by atoms with Gasteiger partial charge in [0.2, 0.25) is 0 Å². The molecular weight excluding hydrogens is 198 g/mol. The topological polar surface area (TPSA) is 21.3 Å². The van der Waals surface area contributed by atoms with Crippen molar-refractivity contribution in [3.63, 3.8) is 0 Å². The van der Waals surface area contributed by atoms with Crippen LogP contribution in [0.1, 0.15) is 37.5 Å². The fraction of sp³-hybridized carbons (Fsp3) is 0.571. The third-order valence-corrected chi connectivity index (χ3v) is 3.82. The van der Waals surface area contributed by atoms with Crippen LogP contribution in [-0.2, 0) is 4.74 Å². The molecule has 1 N–H and O–H groups in total. The van der Waals surface area contributed by atoms with E-state index in [0.717, 1.165) is 12.5 Å². The van der Waals surface area contributed by atoms with Gasteiger partial charge in [-0.15, -0.1) is 0 Å². The van der Waals surface area contributed by atoms with Gasteiger partial charge in [0.05, 0.1) is 6.10 Å². The highest BCUT2D eigenvalue weighted by atomic mass is 16.5. The molecule has 2 nitrogen and oxygen atoms in total. The predicted molar refractivity (Wildman–Crippen MR) is 64.0 cm³/mol. The minimum atomic E-state index is 0.112. The van der Waals surface area contributed by atoms with Gasteiger partial charge in [0, 0.05) is 6.54 Å². The van der Waals surface area contributed by atoms with Crippen LogP contribution < -0.4 is 5.32 Å². The van der Waals surface area contributed by atoms with Crippen LogP contribution in [0.2, 0.25) is 0 Å². The summed E-state index contributed by atoms with van der Waals surface area (Å²) in [6.45, 7) is 1.12. The molecule has 0 aromatic heterocycles. The normalized spacial score (nSPS) is 34.4. The Kier molecular flexibility index (Phi) is 2.94. The van der Waals surface area contributed by atoms with Crippen LogP contribution in [-0.4, -0.2) is 12.6 Å². The molecule has 2 aliphatic rings. The quantitative estimate of drug-likeness (QED) is 0.781. The van der Waals surface area contributed by atoms with Gasteiger partial charge in [-0.3, -0.25) is 5.32 Å². The van der Waals surface area contributed by atoms with Crippen molar-refractivity contribution in [2.45, 2.75) is 38.0 Å². The molecule has 3 atom stereocenters. The first-order chi connectivity index (χ1) is 7.93. The third-order valence-electron chi connectivity index (χ3n) is 3.82. The van der Waals surface area contributed by atoms with Gasteiger partial charge in [0.1, 0.15) is 6.23 Å². The van der Waals surface area contributed by atoms with E-state index in [0.29, 0.717) is 6.10 Å². The van der Waals surface area contributed by atoms with Gasteiger partial charge in [0.15, 0.2) is 0 Å². The third kappa shape index (κ3) is 2.00. The van der Waals surface area contributed by atoms with E-state index in [2.05, 4.69) is 35.6 Å². The van der Waals surface area contributed by atoms with Crippen molar-refractivity contribution in [2.75, 3.05) is 6.54 Å². The number of nitrogens with one attached hydrogen (secondary N) is 1. The van der Waals surface area contributed by atoms with Crippen molar-refractivity contribution in [1.82, 2.24) is 5.32 Å². The molecule has 1 saturated heterocycles. The minimum absolute atomic E-state index is 0.112. The van der Waals surface area contributed by atoms with Gasteiger partial charge in [-0.05, 0) is 24.3 Å². The highest BCUT2D eigenvalue weighted by Crippen LogP contribution is 2.33. The van der Waals surface area contributed by atoms with Crippen LogP contribution in [0.3, 0.4) is 0 Å². The lowest BCUT2D eigenvalue weighted by molar-refractivity contribution is -0.109. The number of rotatable bonds is 1. The van der Waals surface area contributed by atoms with E-state index in [1.54, 1.807) is 0 Å². The van der Waals surface area contributed by atoms with E-state index in [1.165, 1.54) is 31.2 Å². The minimum Gasteiger partial charge on any atom is -0.356 e. The Balaban J connectivity index is 1.71. The zero-order valence-electron chi connectivity index (χ0n) is 9.56. The fourth-order valence-corrected chi connectivity index (χ4v) is 2.89. The second kappa shape index (κ2) is 4.56. The van der Waals surface area contributed by atoms with Gasteiger partial charge in [-0.2, -0.15) is 0 Å². The van der Waals surface area contributed by atoms with Crippen molar-refractivity contribution < 1.29 is 4.74 Å². The van der Waals surface area contributed by atoms with Gasteiger partial charge < -0.3 is 4.74 Å². The van der Waals surface area contributed by atoms with Crippen molar-refractivity contribution >= 4 is 0 Å². The number of hydrogen-bond acceptors (Lipinski definition) is 2. The average molecular weight is 217 g/mol. The number of benzene rings is 1. The molecule has 0 bridgehead atoms. The van der Waals surface area contributed by atoms with Crippen LogP contribution in [0.15, 0.2) is 30.3 Å². The molecule has 0 amide bonds. The Hall–Kier alpha value is -0.860. The zero-order chi connectivity index (χ0) is 10.8. The summed E-state index contributed by atoms with van der Waals surface area (Å²) in [4.78, 5) is 0. The van der Waals surface area contributed by atoms with Gasteiger partial charge in [0.25, 0.3) is 0 Å². The van der Waals surface area contributed by atoms with Crippen molar-refractivity contribution in [1.29, 1.82) is 0 Å². The van der Waals surface area contributed by atoms with Crippen molar-refractivity contribution in [3.05, 3.63) is 35.9 Å². The zero-order valence-corrected chi connectivity index (χ0v) is 9.56. The summed E-state index contributed by atoms with van der Waals surface area (Å²) in [7, 11) is 0. The number of fused-ring (bicyclic) bond motifs is 1. The molecule has 0 spiro atoms. The molecule has 1 aliphatic heterocycles. The van der Waals surface area contributed by atoms with E-state index in [1.807, 2.05) is 0 Å². The maximum atomic E-state index is 6.17. The molecule has 1 aromatic carbocycles. The van der Waals surface area contributed by atoms with Crippen molar-refractivity contribution in [2.24, 2.45) is 5.92 Å². The molecule has 1 saturated carbocycles. The van der Waals surface area contributed by atoms with Crippen LogP contribution >= 0.6 is 0 Å². The Morgan fingerprint density at radius 2 is 1.88 bits per heavy atom. The summed E-state index contributed by atoms with van der Waals surface area (Å²) in [6, 6.07) is 10.5. The predicted octanol–water partition coefficient (Wildman–Crippen LogP) is 2.86. The highest BCUT2D eigenvalue weighted by molar-refractivity contribution is 5.17. The Bertz CT molecular complexity index is 338. The SMILES string of the molecule is c1ccc(C2NCC3CCCCC3O2)cc1. The lowest BCUT2D eigenvalue weighted by Crippen LogP contribution is -2.45. The molecule has 16 heavy (non-hydrogen) atoms. The Labute approximate surface area is 97.0 Å². The molecule has 2 fully saturated rings. The first kappa shape index (κ1) is 10.3. The van der Waals surface area contributed by atoms with Crippen LogP contribution in [0.25, 0.3) is 0 Å². The maximum absolute atomic E-state index is 6.17. The van der Waals surface area contributed by atoms with E-state index < -0.39 is 0 Å². The summed E-state index contributed by atoms with van der Waals surface area (Å²) >= 11 is 0. The van der Waals surface area contributed by atoms with E-state index in [9.17, 15) is 0 Å². The lowest BCUT2D eigenvalue weighted by atomic mass is 9.85. The molecule has 3 unspecified atom stereocenters. The van der Waals surface area contributed by atoms with E-state index in [4.69, 9.17) is 4.74 Å². The summed E-state index contributed by atoms with van der Waals surface area (Å²) in [6.07, 6.45) is 5.89. The second-order valence-electron chi connectivity index (χ2n) is 4.92. The van der Waals surface area contributed by atoms with E-state index >= 15 is 0 Å². The number of ether oxygens (including phenoxy) is 1. The Morgan fingerprint density at radius 1 is 1.06 bits per heavy atom. The largest absolute Gasteiger partial charge is 0.356 e. The summed E-state index contributed by atoms with van der Waals surface area (Å²) in [5, 5.41) is 3.51. The first-order valence-electron chi connectivity index (χ1n) is 6.37. The molecule has 3 rings (SSSR count). The van der Waals surface area contributed by atoms with Crippen LogP contribution in [0.4, 0.5) is 0 Å². The van der Waals surface area contributed by atoms with Crippen LogP contribution in [0, 0.1) is 5.92 Å².